The van der Waals surface area contributed by atoms with Crippen LogP contribution in [0.5, 0.6) is 0 Å². The molecule has 6 heteroatoms. The van der Waals surface area contributed by atoms with Gasteiger partial charge in [-0.2, -0.15) is 0 Å². The molecule has 1 fully saturated rings. The molecule has 3 aromatic rings. The summed E-state index contributed by atoms with van der Waals surface area (Å²) >= 11 is 0. The molecule has 1 aliphatic rings. The van der Waals surface area contributed by atoms with Crippen molar-refractivity contribution in [2.75, 3.05) is 17.8 Å². The Balaban J connectivity index is 1.24. The lowest BCUT2D eigenvalue weighted by Crippen LogP contribution is -2.39. The number of nitrogens with one attached hydrogen (secondary N) is 1. The zero-order valence-electron chi connectivity index (χ0n) is 19.6. The molecule has 178 valence electrons. The van der Waals surface area contributed by atoms with Gasteiger partial charge in [-0.3, -0.25) is 9.52 Å². The Morgan fingerprint density at radius 2 is 1.53 bits per heavy atom. The third-order valence-electron chi connectivity index (χ3n) is 6.50. The number of likely N-dealkylation sites (tertiary alicyclic amines) is 1. The summed E-state index contributed by atoms with van der Waals surface area (Å²) in [5.41, 5.74) is 3.93. The highest BCUT2D eigenvalue weighted by atomic mass is 32.2. The summed E-state index contributed by atoms with van der Waals surface area (Å²) in [5, 5.41) is 0. The molecule has 0 aromatic heterocycles. The first-order valence-corrected chi connectivity index (χ1v) is 13.4. The van der Waals surface area contributed by atoms with Crippen LogP contribution in [0.25, 0.3) is 0 Å². The smallest absolute Gasteiger partial charge is 0.261 e. The van der Waals surface area contributed by atoms with Crippen molar-refractivity contribution in [2.24, 2.45) is 5.92 Å². The fraction of sp³-hybridized carbons (Fsp3) is 0.321. The lowest BCUT2D eigenvalue weighted by Gasteiger charge is -2.32. The minimum absolute atomic E-state index is 0.177. The van der Waals surface area contributed by atoms with Crippen LogP contribution < -0.4 is 4.72 Å². The van der Waals surface area contributed by atoms with Gasteiger partial charge in [0, 0.05) is 25.2 Å². The van der Waals surface area contributed by atoms with Crippen molar-refractivity contribution in [3.63, 3.8) is 0 Å². The normalized spacial score (nSPS) is 14.7. The van der Waals surface area contributed by atoms with Crippen LogP contribution in [-0.4, -0.2) is 32.3 Å². The van der Waals surface area contributed by atoms with Crippen LogP contribution in [0.15, 0.2) is 83.8 Å². The van der Waals surface area contributed by atoms with E-state index in [-0.39, 0.29) is 10.8 Å². The summed E-state index contributed by atoms with van der Waals surface area (Å²) in [6.07, 6.45) is 4.21. The summed E-state index contributed by atoms with van der Waals surface area (Å²) < 4.78 is 27.9. The van der Waals surface area contributed by atoms with Crippen LogP contribution in [0.2, 0.25) is 0 Å². The Bertz CT molecular complexity index is 1180. The summed E-state index contributed by atoms with van der Waals surface area (Å²) in [4.78, 5) is 14.9. The number of carbonyl (C=O) groups excluding carboxylic acids is 1. The minimum atomic E-state index is -3.64. The zero-order chi connectivity index (χ0) is 24.0. The van der Waals surface area contributed by atoms with Crippen LogP contribution in [0.1, 0.15) is 36.0 Å². The number of benzene rings is 3. The number of carbonyl (C=O) groups is 1. The highest BCUT2D eigenvalue weighted by Crippen LogP contribution is 2.23. The quantitative estimate of drug-likeness (QED) is 0.485. The summed E-state index contributed by atoms with van der Waals surface area (Å²) in [5.74, 6) is 0.811. The molecule has 34 heavy (non-hydrogen) atoms. The molecule has 1 saturated heterocycles. The molecule has 1 heterocycles. The first-order valence-electron chi connectivity index (χ1n) is 11.9. The third kappa shape index (κ3) is 6.48. The average molecular weight is 477 g/mol. The molecule has 3 aromatic carbocycles. The molecule has 0 atom stereocenters. The lowest BCUT2D eigenvalue weighted by molar-refractivity contribution is -0.132. The van der Waals surface area contributed by atoms with Gasteiger partial charge >= 0.3 is 0 Å². The van der Waals surface area contributed by atoms with E-state index in [1.165, 1.54) is 5.56 Å². The zero-order valence-corrected chi connectivity index (χ0v) is 20.4. The highest BCUT2D eigenvalue weighted by molar-refractivity contribution is 7.92. The van der Waals surface area contributed by atoms with Crippen molar-refractivity contribution in [3.8, 4) is 0 Å². The van der Waals surface area contributed by atoms with Crippen LogP contribution in [0, 0.1) is 12.8 Å². The van der Waals surface area contributed by atoms with Gasteiger partial charge in [0.15, 0.2) is 0 Å². The maximum atomic E-state index is 12.7. The number of hydrogen-bond donors (Lipinski definition) is 1. The maximum Gasteiger partial charge on any atom is 0.261 e. The number of rotatable bonds is 8. The first-order chi connectivity index (χ1) is 16.4. The predicted octanol–water partition coefficient (Wildman–Crippen LogP) is 5.21. The molecule has 1 N–H and O–H groups in total. The molecule has 0 unspecified atom stereocenters. The van der Waals surface area contributed by atoms with Crippen LogP contribution in [0.4, 0.5) is 5.69 Å². The van der Waals surface area contributed by atoms with E-state index in [0.717, 1.165) is 43.5 Å². The number of hydrogen-bond acceptors (Lipinski definition) is 3. The summed E-state index contributed by atoms with van der Waals surface area (Å²) in [7, 11) is -3.64. The third-order valence-corrected chi connectivity index (χ3v) is 7.90. The Morgan fingerprint density at radius 3 is 2.18 bits per heavy atom. The van der Waals surface area contributed by atoms with Gasteiger partial charge in [0.25, 0.3) is 10.0 Å². The van der Waals surface area contributed by atoms with Crippen molar-refractivity contribution >= 4 is 21.6 Å². The molecule has 0 bridgehead atoms. The van der Waals surface area contributed by atoms with Crippen molar-refractivity contribution in [1.82, 2.24) is 4.90 Å². The van der Waals surface area contributed by atoms with E-state index in [0.29, 0.717) is 24.4 Å². The van der Waals surface area contributed by atoms with Gasteiger partial charge in [-0.25, -0.2) is 8.42 Å². The standard InChI is InChI=1S/C28H32N2O3S/c1-22-7-12-26(13-8-22)29-34(32,33)27-14-9-23(10-15-27)11-16-28(31)30-19-17-25(18-20-30)21-24-5-3-2-4-6-24/h2-10,12-15,25,29H,11,16-21H2,1H3. The molecule has 0 aliphatic carbocycles. The van der Waals surface area contributed by atoms with Crippen LogP contribution in [-0.2, 0) is 27.7 Å². The summed E-state index contributed by atoms with van der Waals surface area (Å²) in [6.45, 7) is 3.59. The van der Waals surface area contributed by atoms with Crippen molar-refractivity contribution in [1.29, 1.82) is 0 Å². The maximum absolute atomic E-state index is 12.7. The van der Waals surface area contributed by atoms with Gasteiger partial charge < -0.3 is 4.90 Å². The largest absolute Gasteiger partial charge is 0.343 e. The van der Waals surface area contributed by atoms with E-state index in [2.05, 4.69) is 29.0 Å². The van der Waals surface area contributed by atoms with E-state index in [1.54, 1.807) is 36.4 Å². The summed E-state index contributed by atoms with van der Waals surface area (Å²) in [6, 6.07) is 24.6. The topological polar surface area (TPSA) is 66.5 Å². The van der Waals surface area contributed by atoms with E-state index < -0.39 is 10.0 Å². The van der Waals surface area contributed by atoms with E-state index in [9.17, 15) is 13.2 Å². The molecule has 5 nitrogen and oxygen atoms in total. The van der Waals surface area contributed by atoms with Crippen LogP contribution in [0.3, 0.4) is 0 Å². The van der Waals surface area contributed by atoms with Gasteiger partial charge in [0.1, 0.15) is 0 Å². The van der Waals surface area contributed by atoms with Gasteiger partial charge in [-0.1, -0.05) is 60.2 Å². The molecule has 1 amide bonds. The SMILES string of the molecule is Cc1ccc(NS(=O)(=O)c2ccc(CCC(=O)N3CCC(Cc4ccccc4)CC3)cc2)cc1. The van der Waals surface area contributed by atoms with Gasteiger partial charge in [-0.15, -0.1) is 0 Å². The highest BCUT2D eigenvalue weighted by Gasteiger charge is 2.23. The van der Waals surface area contributed by atoms with E-state index in [1.807, 2.05) is 30.0 Å². The fourth-order valence-corrected chi connectivity index (χ4v) is 5.47. The van der Waals surface area contributed by atoms with E-state index in [4.69, 9.17) is 0 Å². The Labute approximate surface area is 202 Å². The minimum Gasteiger partial charge on any atom is -0.343 e. The molecular weight excluding hydrogens is 444 g/mol. The first kappa shape index (κ1) is 24.0. The predicted molar refractivity (Wildman–Crippen MR) is 136 cm³/mol. The second-order valence-corrected chi connectivity index (χ2v) is 10.8. The molecule has 4 rings (SSSR count). The molecular formula is C28H32N2O3S. The number of piperidine rings is 1. The monoisotopic (exact) mass is 476 g/mol. The number of amides is 1. The number of nitrogens with zero attached hydrogens (tertiary/aromatic N) is 1. The second-order valence-electron chi connectivity index (χ2n) is 9.13. The van der Waals surface area contributed by atoms with Gasteiger partial charge in [-0.05, 0) is 73.9 Å². The van der Waals surface area contributed by atoms with Gasteiger partial charge in [0.2, 0.25) is 5.91 Å². The van der Waals surface area contributed by atoms with Crippen molar-refractivity contribution in [3.05, 3.63) is 95.6 Å². The van der Waals surface area contributed by atoms with Crippen molar-refractivity contribution in [2.45, 2.75) is 43.9 Å². The fourth-order valence-electron chi connectivity index (χ4n) is 4.41. The van der Waals surface area contributed by atoms with Crippen LogP contribution >= 0.6 is 0 Å². The Morgan fingerprint density at radius 1 is 0.882 bits per heavy atom. The molecule has 1 aliphatic heterocycles. The van der Waals surface area contributed by atoms with Crippen molar-refractivity contribution < 1.29 is 13.2 Å². The second kappa shape index (κ2) is 10.9. The Kier molecular flexibility index (Phi) is 7.68. The number of anilines is 1. The molecule has 0 saturated carbocycles. The average Bonchev–Trinajstić information content (AvgIpc) is 2.85. The molecule has 0 radical (unpaired) electrons. The van der Waals surface area contributed by atoms with Gasteiger partial charge in [0.05, 0.1) is 4.90 Å². The van der Waals surface area contributed by atoms with E-state index >= 15 is 0 Å². The molecule has 0 spiro atoms. The number of aryl methyl sites for hydroxylation is 2. The Hall–Kier alpha value is -3.12. The number of sulfonamides is 1. The lowest BCUT2D eigenvalue weighted by atomic mass is 9.90.